The van der Waals surface area contributed by atoms with Crippen molar-refractivity contribution in [3.05, 3.63) is 48.1 Å². The van der Waals surface area contributed by atoms with E-state index in [0.29, 0.717) is 19.3 Å². The van der Waals surface area contributed by atoms with Crippen molar-refractivity contribution >= 4 is 23.3 Å². The number of ketones is 2. The molecule has 0 saturated heterocycles. The first-order valence-corrected chi connectivity index (χ1v) is 21.6. The van der Waals surface area contributed by atoms with Crippen molar-refractivity contribution in [2.45, 2.75) is 161 Å². The summed E-state index contributed by atoms with van der Waals surface area (Å²) in [6, 6.07) is 0. The SMILES string of the molecule is CCCCC/C=C\C/C=C\CCCCCCCCOCCCCSCC(=O)[C@@]1(O)[C@H](C)C[C@H]2[C@@H]3CCC4=CC(=O)C=C[C@]4(C)[C@@]3(F)[C@@H](O)C[C@@]21C. The Morgan fingerprint density at radius 2 is 1.61 bits per heavy atom. The number of aliphatic hydroxyl groups excluding tert-OH is 1. The average Bonchev–Trinajstić information content (AvgIpc) is 3.30. The molecule has 8 atom stereocenters. The second-order valence-corrected chi connectivity index (χ2v) is 17.7. The third kappa shape index (κ3) is 9.41. The maximum Gasteiger partial charge on any atom is 0.178 e. The highest BCUT2D eigenvalue weighted by Crippen LogP contribution is 2.70. The predicted molar refractivity (Wildman–Crippen MR) is 210 cm³/mol. The fourth-order valence-corrected chi connectivity index (χ4v) is 11.1. The number of unbranched alkanes of at least 4 members (excludes halogenated alkanes) is 10. The van der Waals surface area contributed by atoms with Gasteiger partial charge in [-0.05, 0) is 114 Å². The van der Waals surface area contributed by atoms with Crippen LogP contribution in [0, 0.1) is 28.6 Å². The van der Waals surface area contributed by atoms with Gasteiger partial charge in [-0.15, -0.1) is 0 Å². The molecule has 3 fully saturated rings. The van der Waals surface area contributed by atoms with E-state index in [2.05, 4.69) is 31.2 Å². The normalized spacial score (nSPS) is 34.6. The average molecular weight is 729 g/mol. The van der Waals surface area contributed by atoms with Gasteiger partial charge in [-0.3, -0.25) is 9.59 Å². The van der Waals surface area contributed by atoms with E-state index >= 15 is 4.39 Å². The Morgan fingerprint density at radius 1 is 0.961 bits per heavy atom. The molecule has 5 nitrogen and oxygen atoms in total. The lowest BCUT2D eigenvalue weighted by molar-refractivity contribution is -0.218. The molecule has 0 bridgehead atoms. The lowest BCUT2D eigenvalue weighted by Gasteiger charge is -2.62. The minimum absolute atomic E-state index is 0.0269. The van der Waals surface area contributed by atoms with Crippen molar-refractivity contribution in [1.29, 1.82) is 0 Å². The number of ether oxygens (including phenoxy) is 1. The van der Waals surface area contributed by atoms with E-state index < -0.39 is 34.1 Å². The van der Waals surface area contributed by atoms with Gasteiger partial charge < -0.3 is 14.9 Å². The van der Waals surface area contributed by atoms with Crippen LogP contribution < -0.4 is 0 Å². The Kier molecular flexibility index (Phi) is 16.3. The van der Waals surface area contributed by atoms with Gasteiger partial charge in [0.15, 0.2) is 17.2 Å². The monoisotopic (exact) mass is 728 g/mol. The molecule has 0 unspecified atom stereocenters. The number of fused-ring (bicyclic) bond motifs is 5. The third-order valence-electron chi connectivity index (χ3n) is 13.2. The molecular weight excluding hydrogens is 660 g/mol. The molecule has 4 aliphatic rings. The summed E-state index contributed by atoms with van der Waals surface area (Å²) in [5.74, 6) is -0.346. The van der Waals surface area contributed by atoms with Crippen LogP contribution in [-0.4, -0.2) is 63.9 Å². The first kappa shape index (κ1) is 42.2. The van der Waals surface area contributed by atoms with Gasteiger partial charge in [0.1, 0.15) is 5.60 Å². The van der Waals surface area contributed by atoms with Crippen molar-refractivity contribution in [1.82, 2.24) is 0 Å². The van der Waals surface area contributed by atoms with Crippen LogP contribution >= 0.6 is 11.8 Å². The molecule has 0 amide bonds. The Morgan fingerprint density at radius 3 is 2.31 bits per heavy atom. The highest BCUT2D eigenvalue weighted by molar-refractivity contribution is 7.99. The smallest absolute Gasteiger partial charge is 0.178 e. The van der Waals surface area contributed by atoms with Crippen LogP contribution in [0.25, 0.3) is 0 Å². The number of aliphatic hydroxyl groups is 2. The summed E-state index contributed by atoms with van der Waals surface area (Å²) in [6.45, 7) is 9.42. The summed E-state index contributed by atoms with van der Waals surface area (Å²) in [6.07, 6.45) is 30.9. The molecule has 0 aliphatic heterocycles. The fourth-order valence-electron chi connectivity index (χ4n) is 10.1. The number of halogens is 1. The molecule has 4 rings (SSSR count). The van der Waals surface area contributed by atoms with E-state index in [4.69, 9.17) is 4.74 Å². The van der Waals surface area contributed by atoms with Crippen LogP contribution in [0.5, 0.6) is 0 Å². The minimum Gasteiger partial charge on any atom is -0.390 e. The zero-order chi connectivity index (χ0) is 37.0. The number of hydrogen-bond acceptors (Lipinski definition) is 6. The number of carbonyl (C=O) groups is 2. The summed E-state index contributed by atoms with van der Waals surface area (Å²) in [7, 11) is 0. The van der Waals surface area contributed by atoms with Gasteiger partial charge in [-0.2, -0.15) is 11.8 Å². The van der Waals surface area contributed by atoms with E-state index in [0.717, 1.165) is 50.2 Å². The van der Waals surface area contributed by atoms with Crippen LogP contribution in [0.4, 0.5) is 4.39 Å². The number of Topliss-reactive ketones (excluding diaryl/α,β-unsaturated/α-hetero) is 1. The van der Waals surface area contributed by atoms with Crippen LogP contribution in [0.3, 0.4) is 0 Å². The summed E-state index contributed by atoms with van der Waals surface area (Å²) in [4.78, 5) is 25.9. The maximum atomic E-state index is 17.4. The second kappa shape index (κ2) is 19.7. The fraction of sp³-hybridized carbons (Fsp3) is 0.773. The number of thioether (sulfide) groups is 1. The highest BCUT2D eigenvalue weighted by Gasteiger charge is 2.75. The molecule has 0 heterocycles. The first-order chi connectivity index (χ1) is 24.5. The van der Waals surface area contributed by atoms with E-state index in [-0.39, 0.29) is 35.6 Å². The molecule has 288 valence electrons. The first-order valence-electron chi connectivity index (χ1n) is 20.5. The molecule has 0 aromatic heterocycles. The van der Waals surface area contributed by atoms with E-state index in [9.17, 15) is 19.8 Å². The summed E-state index contributed by atoms with van der Waals surface area (Å²) < 4.78 is 23.2. The highest BCUT2D eigenvalue weighted by atomic mass is 32.2. The van der Waals surface area contributed by atoms with Gasteiger partial charge >= 0.3 is 0 Å². The number of rotatable bonds is 23. The van der Waals surface area contributed by atoms with Crippen LogP contribution in [0.2, 0.25) is 0 Å². The van der Waals surface area contributed by atoms with Gasteiger partial charge in [0, 0.05) is 30.0 Å². The van der Waals surface area contributed by atoms with Gasteiger partial charge in [-0.1, -0.05) is 95.2 Å². The lowest BCUT2D eigenvalue weighted by Crippen LogP contribution is -2.69. The van der Waals surface area contributed by atoms with Crippen LogP contribution in [0.15, 0.2) is 48.1 Å². The Bertz CT molecular complexity index is 1260. The molecular formula is C44H69FO5S. The van der Waals surface area contributed by atoms with Crippen molar-refractivity contribution in [2.75, 3.05) is 24.7 Å². The van der Waals surface area contributed by atoms with Gasteiger partial charge in [-0.25, -0.2) is 4.39 Å². The minimum atomic E-state index is -1.95. The number of hydrogen-bond donors (Lipinski definition) is 2. The van der Waals surface area contributed by atoms with Crippen LogP contribution in [-0.2, 0) is 14.3 Å². The standard InChI is InChI=1S/C44H69FO5S/c1-5-6-7-8-9-10-11-12-13-14-15-16-17-18-19-20-27-50-28-21-22-29-51-33-40(48)44(49)34(2)30-38-37-24-23-35-31-36(46)25-26-41(35,3)43(37,45)39(47)32-42(38,44)4/h9-10,12-13,25-26,31,34,37-39,47,49H,5-8,11,14-24,27-30,32-33H2,1-4H3/b10-9-,13-12-/t34-,37+,38+,39+,41+,42+,43+,44+/m1/s1. The molecule has 4 aliphatic carbocycles. The summed E-state index contributed by atoms with van der Waals surface area (Å²) in [5, 5.41) is 23.7. The molecule has 2 N–H and O–H groups in total. The molecule has 7 heteroatoms. The molecule has 0 aromatic carbocycles. The molecule has 0 spiro atoms. The zero-order valence-corrected chi connectivity index (χ0v) is 33.1. The summed E-state index contributed by atoms with van der Waals surface area (Å²) >= 11 is 1.56. The second-order valence-electron chi connectivity index (χ2n) is 16.5. The van der Waals surface area contributed by atoms with Gasteiger partial charge in [0.2, 0.25) is 0 Å². The van der Waals surface area contributed by atoms with Gasteiger partial charge in [0.25, 0.3) is 0 Å². The van der Waals surface area contributed by atoms with Crippen molar-refractivity contribution in [3.63, 3.8) is 0 Å². The molecule has 3 saturated carbocycles. The zero-order valence-electron chi connectivity index (χ0n) is 32.3. The Labute approximate surface area is 313 Å². The maximum absolute atomic E-state index is 17.4. The lowest BCUT2D eigenvalue weighted by atomic mass is 9.44. The molecule has 51 heavy (non-hydrogen) atoms. The van der Waals surface area contributed by atoms with E-state index in [1.807, 2.05) is 13.8 Å². The Balaban J connectivity index is 1.07. The third-order valence-corrected chi connectivity index (χ3v) is 14.2. The number of alkyl halides is 1. The predicted octanol–water partition coefficient (Wildman–Crippen LogP) is 10.2. The largest absolute Gasteiger partial charge is 0.390 e. The summed E-state index contributed by atoms with van der Waals surface area (Å²) in [5.41, 5.74) is -4.79. The van der Waals surface area contributed by atoms with Crippen LogP contribution in [0.1, 0.15) is 143 Å². The number of allylic oxidation sites excluding steroid dienone is 8. The Hall–Kier alpha value is -1.54. The molecule has 0 aromatic rings. The quantitative estimate of drug-likeness (QED) is 0.0805. The van der Waals surface area contributed by atoms with E-state index in [1.165, 1.54) is 76.4 Å². The topological polar surface area (TPSA) is 83.8 Å². The van der Waals surface area contributed by atoms with Crippen molar-refractivity contribution < 1.29 is 28.9 Å². The van der Waals surface area contributed by atoms with E-state index in [1.54, 1.807) is 24.8 Å². The molecule has 0 radical (unpaired) electrons. The number of carbonyl (C=O) groups excluding carboxylic acids is 2. The van der Waals surface area contributed by atoms with Crippen molar-refractivity contribution in [3.8, 4) is 0 Å². The van der Waals surface area contributed by atoms with Gasteiger partial charge in [0.05, 0.1) is 11.9 Å². The van der Waals surface area contributed by atoms with Crippen molar-refractivity contribution in [2.24, 2.45) is 28.6 Å².